The standard InChI is InChI=1S/C15H33N/c1-6-8-9-10-11-12-13-15(5,7-2)14(3,4)16/h6-13,16H2,1-5H3. The van der Waals surface area contributed by atoms with Gasteiger partial charge in [-0.15, -0.1) is 0 Å². The molecule has 0 aliphatic carbocycles. The molecule has 0 saturated heterocycles. The molecule has 0 rings (SSSR count). The predicted molar refractivity (Wildman–Crippen MR) is 74.7 cm³/mol. The van der Waals surface area contributed by atoms with Crippen LogP contribution in [0.2, 0.25) is 0 Å². The van der Waals surface area contributed by atoms with Crippen LogP contribution in [0.3, 0.4) is 0 Å². The Balaban J connectivity index is 3.80. The van der Waals surface area contributed by atoms with E-state index in [2.05, 4.69) is 34.6 Å². The summed E-state index contributed by atoms with van der Waals surface area (Å²) in [6.07, 6.45) is 10.7. The third kappa shape index (κ3) is 5.34. The van der Waals surface area contributed by atoms with Crippen molar-refractivity contribution in [2.24, 2.45) is 11.1 Å². The van der Waals surface area contributed by atoms with Crippen LogP contribution < -0.4 is 5.73 Å². The zero-order valence-electron chi connectivity index (χ0n) is 12.2. The van der Waals surface area contributed by atoms with E-state index < -0.39 is 0 Å². The van der Waals surface area contributed by atoms with E-state index in [1.165, 1.54) is 51.4 Å². The first-order valence-electron chi connectivity index (χ1n) is 7.16. The summed E-state index contributed by atoms with van der Waals surface area (Å²) in [5.41, 5.74) is 6.54. The highest BCUT2D eigenvalue weighted by Crippen LogP contribution is 2.37. The molecule has 0 fully saturated rings. The van der Waals surface area contributed by atoms with Crippen molar-refractivity contribution < 1.29 is 0 Å². The second-order valence-corrected chi connectivity index (χ2v) is 6.15. The first-order chi connectivity index (χ1) is 7.37. The van der Waals surface area contributed by atoms with Gasteiger partial charge in [0.15, 0.2) is 0 Å². The van der Waals surface area contributed by atoms with Gasteiger partial charge in [-0.1, -0.05) is 59.3 Å². The Bertz CT molecular complexity index is 169. The maximum absolute atomic E-state index is 6.29. The molecule has 98 valence electrons. The largest absolute Gasteiger partial charge is 0.325 e. The second-order valence-electron chi connectivity index (χ2n) is 6.15. The van der Waals surface area contributed by atoms with Gasteiger partial charge in [-0.3, -0.25) is 0 Å². The van der Waals surface area contributed by atoms with Gasteiger partial charge in [0.05, 0.1) is 0 Å². The molecular weight excluding hydrogens is 194 g/mol. The molecule has 1 unspecified atom stereocenters. The number of nitrogens with two attached hydrogens (primary N) is 1. The average Bonchev–Trinajstić information content (AvgIpc) is 2.21. The molecule has 0 bridgehead atoms. The molecule has 0 aromatic carbocycles. The molecule has 0 spiro atoms. The van der Waals surface area contributed by atoms with Crippen molar-refractivity contribution in [3.63, 3.8) is 0 Å². The van der Waals surface area contributed by atoms with Crippen molar-refractivity contribution in [1.82, 2.24) is 0 Å². The van der Waals surface area contributed by atoms with Crippen molar-refractivity contribution in [1.29, 1.82) is 0 Å². The van der Waals surface area contributed by atoms with Crippen LogP contribution >= 0.6 is 0 Å². The first-order valence-corrected chi connectivity index (χ1v) is 7.16. The lowest BCUT2D eigenvalue weighted by atomic mass is 9.68. The van der Waals surface area contributed by atoms with Gasteiger partial charge in [0.1, 0.15) is 0 Å². The summed E-state index contributed by atoms with van der Waals surface area (Å²) in [5.74, 6) is 0. The van der Waals surface area contributed by atoms with E-state index >= 15 is 0 Å². The summed E-state index contributed by atoms with van der Waals surface area (Å²) in [6, 6.07) is 0. The number of rotatable bonds is 9. The van der Waals surface area contributed by atoms with Crippen molar-refractivity contribution in [2.75, 3.05) is 0 Å². The first kappa shape index (κ1) is 16.0. The van der Waals surface area contributed by atoms with E-state index in [0.717, 1.165) is 0 Å². The Hall–Kier alpha value is -0.0400. The molecule has 1 atom stereocenters. The fourth-order valence-electron chi connectivity index (χ4n) is 2.25. The summed E-state index contributed by atoms with van der Waals surface area (Å²) < 4.78 is 0. The van der Waals surface area contributed by atoms with Crippen LogP contribution in [0.15, 0.2) is 0 Å². The van der Waals surface area contributed by atoms with Gasteiger partial charge < -0.3 is 5.73 Å². The fraction of sp³-hybridized carbons (Fsp3) is 1.00. The minimum Gasteiger partial charge on any atom is -0.325 e. The third-order valence-electron chi connectivity index (χ3n) is 4.42. The van der Waals surface area contributed by atoms with E-state index in [0.29, 0.717) is 5.41 Å². The van der Waals surface area contributed by atoms with Gasteiger partial charge in [0.2, 0.25) is 0 Å². The van der Waals surface area contributed by atoms with Gasteiger partial charge in [0.25, 0.3) is 0 Å². The molecule has 0 saturated carbocycles. The maximum Gasteiger partial charge on any atom is 0.0151 e. The van der Waals surface area contributed by atoms with Crippen LogP contribution in [0.4, 0.5) is 0 Å². The Kier molecular flexibility index (Phi) is 7.30. The zero-order chi connectivity index (χ0) is 12.7. The van der Waals surface area contributed by atoms with Crippen LogP contribution in [0.25, 0.3) is 0 Å². The molecule has 0 aromatic heterocycles. The molecule has 1 nitrogen and oxygen atoms in total. The molecule has 0 amide bonds. The monoisotopic (exact) mass is 227 g/mol. The molecule has 16 heavy (non-hydrogen) atoms. The van der Waals surface area contributed by atoms with Crippen LogP contribution in [0.1, 0.15) is 86.0 Å². The molecule has 0 aromatic rings. The van der Waals surface area contributed by atoms with E-state index in [1.54, 1.807) is 0 Å². The Labute approximate surface area is 103 Å². The van der Waals surface area contributed by atoms with E-state index in [9.17, 15) is 0 Å². The lowest BCUT2D eigenvalue weighted by Gasteiger charge is -2.41. The van der Waals surface area contributed by atoms with Crippen molar-refractivity contribution in [3.05, 3.63) is 0 Å². The van der Waals surface area contributed by atoms with Gasteiger partial charge >= 0.3 is 0 Å². The van der Waals surface area contributed by atoms with Crippen molar-refractivity contribution in [2.45, 2.75) is 91.5 Å². The minimum atomic E-state index is -0.0504. The SMILES string of the molecule is CCCCCCCCC(C)(CC)C(C)(C)N. The van der Waals surface area contributed by atoms with Crippen LogP contribution in [0.5, 0.6) is 0 Å². The summed E-state index contributed by atoms with van der Waals surface area (Å²) >= 11 is 0. The Morgan fingerprint density at radius 3 is 1.75 bits per heavy atom. The van der Waals surface area contributed by atoms with E-state index in [1.807, 2.05) is 0 Å². The maximum atomic E-state index is 6.29. The Morgan fingerprint density at radius 1 is 0.812 bits per heavy atom. The predicted octanol–water partition coefficient (Wildman–Crippen LogP) is 4.89. The molecule has 0 aliphatic heterocycles. The van der Waals surface area contributed by atoms with Gasteiger partial charge in [-0.05, 0) is 32.1 Å². The third-order valence-corrected chi connectivity index (χ3v) is 4.42. The number of unbranched alkanes of at least 4 members (excludes halogenated alkanes) is 5. The van der Waals surface area contributed by atoms with Gasteiger partial charge in [0, 0.05) is 5.54 Å². The quantitative estimate of drug-likeness (QED) is 0.558. The normalized spacial score (nSPS) is 16.1. The molecule has 0 aliphatic rings. The number of hydrogen-bond acceptors (Lipinski definition) is 1. The van der Waals surface area contributed by atoms with Crippen LogP contribution in [-0.4, -0.2) is 5.54 Å². The summed E-state index contributed by atoms with van der Waals surface area (Å²) in [6.45, 7) is 11.2. The molecule has 2 N–H and O–H groups in total. The smallest absolute Gasteiger partial charge is 0.0151 e. The fourth-order valence-corrected chi connectivity index (χ4v) is 2.25. The highest BCUT2D eigenvalue weighted by molar-refractivity contribution is 4.92. The van der Waals surface area contributed by atoms with Crippen molar-refractivity contribution in [3.8, 4) is 0 Å². The van der Waals surface area contributed by atoms with Gasteiger partial charge in [-0.25, -0.2) is 0 Å². The van der Waals surface area contributed by atoms with Crippen LogP contribution in [0, 0.1) is 5.41 Å². The van der Waals surface area contributed by atoms with E-state index in [4.69, 9.17) is 5.73 Å². The average molecular weight is 227 g/mol. The van der Waals surface area contributed by atoms with Gasteiger partial charge in [-0.2, -0.15) is 0 Å². The molecular formula is C15H33N. The topological polar surface area (TPSA) is 26.0 Å². The molecule has 0 heterocycles. The Morgan fingerprint density at radius 2 is 1.31 bits per heavy atom. The summed E-state index contributed by atoms with van der Waals surface area (Å²) in [7, 11) is 0. The zero-order valence-corrected chi connectivity index (χ0v) is 12.2. The van der Waals surface area contributed by atoms with E-state index in [-0.39, 0.29) is 5.54 Å². The minimum absolute atomic E-state index is 0.0504. The second kappa shape index (κ2) is 7.32. The molecule has 0 radical (unpaired) electrons. The summed E-state index contributed by atoms with van der Waals surface area (Å²) in [4.78, 5) is 0. The number of hydrogen-bond donors (Lipinski definition) is 1. The lowest BCUT2D eigenvalue weighted by molar-refractivity contribution is 0.147. The molecule has 1 heteroatoms. The summed E-state index contributed by atoms with van der Waals surface area (Å²) in [5, 5.41) is 0. The van der Waals surface area contributed by atoms with Crippen molar-refractivity contribution >= 4 is 0 Å². The van der Waals surface area contributed by atoms with Crippen LogP contribution in [-0.2, 0) is 0 Å². The highest BCUT2D eigenvalue weighted by atomic mass is 14.8. The highest BCUT2D eigenvalue weighted by Gasteiger charge is 2.35. The lowest BCUT2D eigenvalue weighted by Crippen LogP contribution is -2.48.